The number of methoxy groups -OCH3 is 1. The Kier molecular flexibility index (Phi) is 6.95. The van der Waals surface area contributed by atoms with E-state index in [1.54, 1.807) is 42.5 Å². The van der Waals surface area contributed by atoms with E-state index in [-0.39, 0.29) is 27.4 Å². The first-order valence-corrected chi connectivity index (χ1v) is 11.3. The number of halogens is 2. The number of nitrogens with one attached hydrogen (secondary N) is 1. The Hall–Kier alpha value is -3.69. The Labute approximate surface area is 202 Å². The number of thioether (sulfide) groups is 1. The molecule has 10 heteroatoms. The molecule has 7 nitrogen and oxygen atoms in total. The van der Waals surface area contributed by atoms with Gasteiger partial charge in [-0.25, -0.2) is 14.2 Å². The highest BCUT2D eigenvalue weighted by Gasteiger charge is 2.16. The molecule has 0 aliphatic heterocycles. The van der Waals surface area contributed by atoms with Crippen molar-refractivity contribution in [2.45, 2.75) is 5.16 Å². The van der Waals surface area contributed by atoms with Gasteiger partial charge in [0.2, 0.25) is 5.91 Å². The van der Waals surface area contributed by atoms with Crippen LogP contribution in [0, 0.1) is 5.82 Å². The number of aromatic nitrogens is 2. The largest absolute Gasteiger partial charge is 0.465 e. The number of hydrogen-bond donors (Lipinski definition) is 1. The Morgan fingerprint density at radius 1 is 1.12 bits per heavy atom. The minimum atomic E-state index is -0.616. The molecule has 4 aromatic rings. The van der Waals surface area contributed by atoms with Gasteiger partial charge in [-0.3, -0.25) is 14.2 Å². The van der Waals surface area contributed by atoms with Crippen LogP contribution in [0.25, 0.3) is 16.6 Å². The standard InChI is InChI=1S/C24H17ClFN3O4S/c1-33-23(32)14-5-4-6-15(11-14)27-21(30)13-34-24-28-20-8-3-2-7-17(20)22(31)29(24)16-9-10-19(26)18(25)12-16/h2-12H,13H2,1H3,(H,27,30). The molecule has 3 aromatic carbocycles. The van der Waals surface area contributed by atoms with E-state index in [1.165, 1.54) is 29.9 Å². The second-order valence-corrected chi connectivity index (χ2v) is 8.41. The van der Waals surface area contributed by atoms with Crippen LogP contribution in [0.3, 0.4) is 0 Å². The summed E-state index contributed by atoms with van der Waals surface area (Å²) in [6, 6.07) is 17.0. The highest BCUT2D eigenvalue weighted by molar-refractivity contribution is 7.99. The van der Waals surface area contributed by atoms with Crippen LogP contribution >= 0.6 is 23.4 Å². The van der Waals surface area contributed by atoms with E-state index in [0.717, 1.165) is 17.8 Å². The first-order valence-electron chi connectivity index (χ1n) is 9.95. The van der Waals surface area contributed by atoms with Crippen molar-refractivity contribution >= 4 is 51.8 Å². The number of anilines is 1. The third-order valence-corrected chi connectivity index (χ3v) is 6.03. The zero-order valence-corrected chi connectivity index (χ0v) is 19.3. The Morgan fingerprint density at radius 3 is 2.68 bits per heavy atom. The zero-order chi connectivity index (χ0) is 24.2. The van der Waals surface area contributed by atoms with E-state index in [0.29, 0.717) is 27.8 Å². The van der Waals surface area contributed by atoms with E-state index in [4.69, 9.17) is 11.6 Å². The summed E-state index contributed by atoms with van der Waals surface area (Å²) >= 11 is 6.97. The van der Waals surface area contributed by atoms with Crippen LogP contribution in [0.2, 0.25) is 5.02 Å². The fraction of sp³-hybridized carbons (Fsp3) is 0.0833. The third-order valence-electron chi connectivity index (χ3n) is 4.81. The molecule has 0 aliphatic carbocycles. The van der Waals surface area contributed by atoms with E-state index in [9.17, 15) is 18.8 Å². The lowest BCUT2D eigenvalue weighted by Gasteiger charge is -2.14. The molecular formula is C24H17ClFN3O4S. The van der Waals surface area contributed by atoms with Crippen molar-refractivity contribution in [1.29, 1.82) is 0 Å². The van der Waals surface area contributed by atoms with Gasteiger partial charge in [-0.05, 0) is 48.5 Å². The Morgan fingerprint density at radius 2 is 1.91 bits per heavy atom. The maximum Gasteiger partial charge on any atom is 0.337 e. The molecule has 1 N–H and O–H groups in total. The maximum absolute atomic E-state index is 13.7. The average Bonchev–Trinajstić information content (AvgIpc) is 2.84. The molecule has 0 saturated heterocycles. The smallest absolute Gasteiger partial charge is 0.337 e. The summed E-state index contributed by atoms with van der Waals surface area (Å²) in [4.78, 5) is 42.1. The number of carbonyl (C=O) groups excluding carboxylic acids is 2. The minimum Gasteiger partial charge on any atom is -0.465 e. The van der Waals surface area contributed by atoms with Crippen LogP contribution in [-0.2, 0) is 9.53 Å². The summed E-state index contributed by atoms with van der Waals surface area (Å²) in [5, 5.41) is 3.18. The van der Waals surface area contributed by atoms with Gasteiger partial charge >= 0.3 is 5.97 Å². The number of rotatable bonds is 6. The van der Waals surface area contributed by atoms with Gasteiger partial charge in [0, 0.05) is 5.69 Å². The first-order chi connectivity index (χ1) is 16.4. The van der Waals surface area contributed by atoms with E-state index >= 15 is 0 Å². The molecule has 172 valence electrons. The van der Waals surface area contributed by atoms with Crippen LogP contribution in [0.1, 0.15) is 10.4 Å². The number of hydrogen-bond acceptors (Lipinski definition) is 6. The van der Waals surface area contributed by atoms with Crippen LogP contribution in [0.4, 0.5) is 10.1 Å². The number of ether oxygens (including phenoxy) is 1. The lowest BCUT2D eigenvalue weighted by Crippen LogP contribution is -2.23. The predicted molar refractivity (Wildman–Crippen MR) is 129 cm³/mol. The topological polar surface area (TPSA) is 90.3 Å². The fourth-order valence-electron chi connectivity index (χ4n) is 3.23. The molecule has 4 rings (SSSR count). The van der Waals surface area contributed by atoms with Gasteiger partial charge in [0.05, 0.1) is 40.0 Å². The van der Waals surface area contributed by atoms with Gasteiger partial charge in [0.15, 0.2) is 5.16 Å². The van der Waals surface area contributed by atoms with Crippen molar-refractivity contribution < 1.29 is 18.7 Å². The van der Waals surface area contributed by atoms with Crippen molar-refractivity contribution in [1.82, 2.24) is 9.55 Å². The molecule has 0 radical (unpaired) electrons. The van der Waals surface area contributed by atoms with Crippen molar-refractivity contribution in [3.63, 3.8) is 0 Å². The van der Waals surface area contributed by atoms with Gasteiger partial charge in [0.1, 0.15) is 5.82 Å². The molecule has 0 fully saturated rings. The third kappa shape index (κ3) is 4.95. The number of nitrogens with zero attached hydrogens (tertiary/aromatic N) is 2. The molecule has 1 aromatic heterocycles. The van der Waals surface area contributed by atoms with E-state index in [1.807, 2.05) is 0 Å². The number of amides is 1. The lowest BCUT2D eigenvalue weighted by molar-refractivity contribution is -0.113. The first kappa shape index (κ1) is 23.5. The molecule has 1 amide bonds. The zero-order valence-electron chi connectivity index (χ0n) is 17.7. The normalized spacial score (nSPS) is 10.8. The number of benzene rings is 3. The van der Waals surface area contributed by atoms with Crippen molar-refractivity contribution in [3.8, 4) is 5.69 Å². The van der Waals surface area contributed by atoms with Crippen molar-refractivity contribution in [3.05, 3.63) is 93.5 Å². The van der Waals surface area contributed by atoms with Crippen molar-refractivity contribution in [2.75, 3.05) is 18.2 Å². The maximum atomic E-state index is 13.7. The van der Waals surface area contributed by atoms with Gasteiger partial charge in [-0.15, -0.1) is 0 Å². The molecule has 0 unspecified atom stereocenters. The number of esters is 1. The van der Waals surface area contributed by atoms with Gasteiger partial charge in [-0.2, -0.15) is 0 Å². The molecule has 0 saturated carbocycles. The van der Waals surface area contributed by atoms with Crippen LogP contribution in [-0.4, -0.2) is 34.3 Å². The van der Waals surface area contributed by atoms with E-state index < -0.39 is 11.8 Å². The molecule has 0 aliphatic rings. The molecule has 0 spiro atoms. The summed E-state index contributed by atoms with van der Waals surface area (Å²) in [5.41, 5.74) is 1.13. The molecule has 0 atom stereocenters. The summed E-state index contributed by atoms with van der Waals surface area (Å²) in [6.07, 6.45) is 0. The van der Waals surface area contributed by atoms with Crippen LogP contribution < -0.4 is 10.9 Å². The molecular weight excluding hydrogens is 481 g/mol. The summed E-state index contributed by atoms with van der Waals surface area (Å²) < 4.78 is 19.7. The van der Waals surface area contributed by atoms with Gasteiger partial charge in [-0.1, -0.05) is 41.6 Å². The molecule has 1 heterocycles. The minimum absolute atomic E-state index is 0.0812. The molecule has 0 bridgehead atoms. The van der Waals surface area contributed by atoms with Crippen molar-refractivity contribution in [2.24, 2.45) is 0 Å². The average molecular weight is 498 g/mol. The fourth-order valence-corrected chi connectivity index (χ4v) is 4.22. The van der Waals surface area contributed by atoms with E-state index in [2.05, 4.69) is 15.0 Å². The second-order valence-electron chi connectivity index (χ2n) is 7.06. The Balaban J connectivity index is 1.64. The second kappa shape index (κ2) is 10.1. The van der Waals surface area contributed by atoms with Gasteiger partial charge < -0.3 is 10.1 Å². The molecule has 34 heavy (non-hydrogen) atoms. The van der Waals surface area contributed by atoms with Crippen LogP contribution in [0.15, 0.2) is 76.7 Å². The number of fused-ring (bicyclic) bond motifs is 1. The predicted octanol–water partition coefficient (Wildman–Crippen LogP) is 4.70. The van der Waals surface area contributed by atoms with Gasteiger partial charge in [0.25, 0.3) is 5.56 Å². The quantitative estimate of drug-likeness (QED) is 0.236. The summed E-state index contributed by atoms with van der Waals surface area (Å²) in [6.45, 7) is 0. The number of carbonyl (C=O) groups is 2. The number of para-hydroxylation sites is 1. The summed E-state index contributed by atoms with van der Waals surface area (Å²) in [5.74, 6) is -1.59. The lowest BCUT2D eigenvalue weighted by atomic mass is 10.2. The Bertz CT molecular complexity index is 1470. The monoisotopic (exact) mass is 497 g/mol. The highest BCUT2D eigenvalue weighted by atomic mass is 35.5. The summed E-state index contributed by atoms with van der Waals surface area (Å²) in [7, 11) is 1.27. The SMILES string of the molecule is COC(=O)c1cccc(NC(=O)CSc2nc3ccccc3c(=O)n2-c2ccc(F)c(Cl)c2)c1. The highest BCUT2D eigenvalue weighted by Crippen LogP contribution is 2.24. The van der Waals surface area contributed by atoms with Crippen LogP contribution in [0.5, 0.6) is 0 Å².